The van der Waals surface area contributed by atoms with Gasteiger partial charge in [0.15, 0.2) is 0 Å². The van der Waals surface area contributed by atoms with Crippen LogP contribution in [-0.4, -0.2) is 13.3 Å². The molecule has 0 saturated heterocycles. The Morgan fingerprint density at radius 1 is 1.55 bits per heavy atom. The van der Waals surface area contributed by atoms with E-state index in [1.165, 1.54) is 0 Å². The maximum absolute atomic E-state index is 3.92. The van der Waals surface area contributed by atoms with Crippen LogP contribution in [0.15, 0.2) is 34.5 Å². The molecule has 0 N–H and O–H groups in total. The molecule has 1 heteroatoms. The van der Waals surface area contributed by atoms with Crippen LogP contribution in [0.5, 0.6) is 0 Å². The first-order valence-corrected chi connectivity index (χ1v) is 3.84. The van der Waals surface area contributed by atoms with Gasteiger partial charge in [-0.15, -0.1) is 5.73 Å². The van der Waals surface area contributed by atoms with Crippen molar-refractivity contribution in [3.05, 3.63) is 29.5 Å². The van der Waals surface area contributed by atoms with Crippen LogP contribution in [-0.2, 0) is 0 Å². The predicted octanol–water partition coefficient (Wildman–Crippen LogP) is 2.75. The Kier molecular flexibility index (Phi) is 6.36. The Labute approximate surface area is 68.9 Å². The Balaban J connectivity index is 4.33. The molecule has 0 amide bonds. The zero-order chi connectivity index (χ0) is 8.53. The maximum Gasteiger partial charge on any atom is 0.0318 e. The lowest BCUT2D eigenvalue weighted by Crippen LogP contribution is -1.77. The molecule has 0 fully saturated rings. The number of rotatable bonds is 3. The van der Waals surface area contributed by atoms with Crippen molar-refractivity contribution in [2.75, 3.05) is 7.05 Å². The van der Waals surface area contributed by atoms with Crippen LogP contribution >= 0.6 is 0 Å². The summed E-state index contributed by atoms with van der Waals surface area (Å²) in [5, 5.41) is 0. The van der Waals surface area contributed by atoms with Crippen LogP contribution in [0.3, 0.4) is 0 Å². The number of aliphatic imine (C=N–C) groups is 1. The summed E-state index contributed by atoms with van der Waals surface area (Å²) in [7, 11) is 1.77. The highest BCUT2D eigenvalue weighted by molar-refractivity contribution is 5.77. The lowest BCUT2D eigenvalue weighted by molar-refractivity contribution is 1.18. The van der Waals surface area contributed by atoms with Crippen molar-refractivity contribution in [2.45, 2.75) is 20.3 Å². The molecule has 0 bridgehead atoms. The molecule has 0 aliphatic heterocycles. The summed E-state index contributed by atoms with van der Waals surface area (Å²) < 4.78 is 0. The summed E-state index contributed by atoms with van der Waals surface area (Å²) in [5.74, 6) is 0. The molecule has 0 spiro atoms. The molecule has 0 aliphatic carbocycles. The third kappa shape index (κ3) is 5.38. The molecule has 0 aliphatic rings. The van der Waals surface area contributed by atoms with Gasteiger partial charge in [-0.25, -0.2) is 0 Å². The van der Waals surface area contributed by atoms with Crippen molar-refractivity contribution in [1.82, 2.24) is 0 Å². The highest BCUT2D eigenvalue weighted by atomic mass is 14.6. The van der Waals surface area contributed by atoms with Gasteiger partial charge in [0, 0.05) is 18.8 Å². The van der Waals surface area contributed by atoms with Gasteiger partial charge in [-0.3, -0.25) is 4.99 Å². The van der Waals surface area contributed by atoms with Gasteiger partial charge in [0.05, 0.1) is 0 Å². The van der Waals surface area contributed by atoms with E-state index in [0.717, 1.165) is 12.0 Å². The lowest BCUT2D eigenvalue weighted by Gasteiger charge is -1.86. The molecule has 0 saturated carbocycles. The molecule has 0 aromatic heterocycles. The van der Waals surface area contributed by atoms with Crippen molar-refractivity contribution in [3.8, 4) is 0 Å². The minimum absolute atomic E-state index is 0.978. The monoisotopic (exact) mass is 149 g/mol. The van der Waals surface area contributed by atoms with Gasteiger partial charge in [-0.05, 0) is 19.4 Å². The van der Waals surface area contributed by atoms with E-state index in [2.05, 4.69) is 17.6 Å². The molecular weight excluding hydrogens is 134 g/mol. The van der Waals surface area contributed by atoms with Crippen LogP contribution < -0.4 is 0 Å². The minimum Gasteiger partial charge on any atom is -0.296 e. The van der Waals surface area contributed by atoms with Crippen LogP contribution in [0.4, 0.5) is 0 Å². The van der Waals surface area contributed by atoms with Gasteiger partial charge in [0.2, 0.25) is 0 Å². The molecule has 0 rings (SSSR count). The second-order valence-corrected chi connectivity index (χ2v) is 2.10. The molecule has 0 unspecified atom stereocenters. The van der Waals surface area contributed by atoms with Gasteiger partial charge < -0.3 is 0 Å². The fourth-order valence-electron chi connectivity index (χ4n) is 0.638. The van der Waals surface area contributed by atoms with E-state index in [1.807, 2.05) is 31.4 Å². The maximum atomic E-state index is 3.92. The van der Waals surface area contributed by atoms with E-state index < -0.39 is 0 Å². The molecule has 1 nitrogen and oxygen atoms in total. The molecule has 0 atom stereocenters. The molecule has 11 heavy (non-hydrogen) atoms. The second-order valence-electron chi connectivity index (χ2n) is 2.10. The fourth-order valence-corrected chi connectivity index (χ4v) is 0.638. The normalized spacial score (nSPS) is 10.5. The van der Waals surface area contributed by atoms with Gasteiger partial charge in [0.25, 0.3) is 0 Å². The Morgan fingerprint density at radius 3 is 2.73 bits per heavy atom. The first-order valence-electron chi connectivity index (χ1n) is 3.84. The second kappa shape index (κ2) is 7.04. The quantitative estimate of drug-likeness (QED) is 0.332. The standard InChI is InChI=1S/C10H15N/c1-4-6-7-8-10(5-2)9-11-3/h4,6-7,9H,5H2,1-3H3/b6-4-,11-9?. The molecule has 0 heterocycles. The van der Waals surface area contributed by atoms with E-state index in [4.69, 9.17) is 0 Å². The highest BCUT2D eigenvalue weighted by Gasteiger charge is 1.81. The third-order valence-corrected chi connectivity index (χ3v) is 1.22. The van der Waals surface area contributed by atoms with Gasteiger partial charge in [-0.2, -0.15) is 0 Å². The number of hydrogen-bond donors (Lipinski definition) is 0. The topological polar surface area (TPSA) is 12.4 Å². The van der Waals surface area contributed by atoms with Crippen molar-refractivity contribution >= 4 is 6.21 Å². The van der Waals surface area contributed by atoms with Crippen molar-refractivity contribution in [3.63, 3.8) is 0 Å². The summed E-state index contributed by atoms with van der Waals surface area (Å²) in [6, 6.07) is 0. The molecule has 0 aromatic rings. The van der Waals surface area contributed by atoms with E-state index in [0.29, 0.717) is 0 Å². The Bertz CT molecular complexity index is 203. The van der Waals surface area contributed by atoms with Crippen LogP contribution in [0, 0.1) is 0 Å². The van der Waals surface area contributed by atoms with E-state index in [1.54, 1.807) is 7.05 Å². The number of hydrogen-bond acceptors (Lipinski definition) is 1. The van der Waals surface area contributed by atoms with E-state index in [-0.39, 0.29) is 0 Å². The van der Waals surface area contributed by atoms with Gasteiger partial charge in [-0.1, -0.05) is 19.1 Å². The van der Waals surface area contributed by atoms with E-state index in [9.17, 15) is 0 Å². The van der Waals surface area contributed by atoms with Crippen LogP contribution in [0.25, 0.3) is 0 Å². The van der Waals surface area contributed by atoms with Crippen LogP contribution in [0.1, 0.15) is 20.3 Å². The lowest BCUT2D eigenvalue weighted by atomic mass is 10.2. The molecular formula is C10H15N. The van der Waals surface area contributed by atoms with Crippen molar-refractivity contribution in [2.24, 2.45) is 4.99 Å². The Morgan fingerprint density at radius 2 is 2.27 bits per heavy atom. The summed E-state index contributed by atoms with van der Waals surface area (Å²) in [5.41, 5.74) is 4.26. The summed E-state index contributed by atoms with van der Waals surface area (Å²) in [6.07, 6.45) is 8.65. The molecule has 60 valence electrons. The molecule has 0 radical (unpaired) electrons. The Hall–Kier alpha value is -1.07. The fraction of sp³-hybridized carbons (Fsp3) is 0.400. The average molecular weight is 149 g/mol. The zero-order valence-corrected chi connectivity index (χ0v) is 7.46. The minimum atomic E-state index is 0.978. The van der Waals surface area contributed by atoms with Gasteiger partial charge >= 0.3 is 0 Å². The predicted molar refractivity (Wildman–Crippen MR) is 51.1 cm³/mol. The van der Waals surface area contributed by atoms with Crippen molar-refractivity contribution < 1.29 is 0 Å². The summed E-state index contributed by atoms with van der Waals surface area (Å²) in [6.45, 7) is 4.07. The summed E-state index contributed by atoms with van der Waals surface area (Å²) >= 11 is 0. The van der Waals surface area contributed by atoms with Crippen LogP contribution in [0.2, 0.25) is 0 Å². The summed E-state index contributed by atoms with van der Waals surface area (Å²) in [4.78, 5) is 3.92. The highest BCUT2D eigenvalue weighted by Crippen LogP contribution is 1.93. The first kappa shape index (κ1) is 9.93. The first-order chi connectivity index (χ1) is 5.35. The average Bonchev–Trinajstić information content (AvgIpc) is 2.03. The number of nitrogens with zero attached hydrogens (tertiary/aromatic N) is 1. The largest absolute Gasteiger partial charge is 0.296 e. The van der Waals surface area contributed by atoms with E-state index >= 15 is 0 Å². The smallest absolute Gasteiger partial charge is 0.0318 e. The zero-order valence-electron chi connectivity index (χ0n) is 7.46. The number of allylic oxidation sites excluding steroid dienone is 3. The molecule has 0 aromatic carbocycles. The SMILES string of the molecule is C/C=C\C=C=C(C=NC)CC. The van der Waals surface area contributed by atoms with Crippen molar-refractivity contribution in [1.29, 1.82) is 0 Å². The van der Waals surface area contributed by atoms with Gasteiger partial charge in [0.1, 0.15) is 0 Å². The third-order valence-electron chi connectivity index (χ3n) is 1.22.